The van der Waals surface area contributed by atoms with E-state index in [0.29, 0.717) is 24.7 Å². The molecule has 2 N–H and O–H groups in total. The largest absolute Gasteiger partial charge is 0.382 e. The first-order chi connectivity index (χ1) is 15.9. The third-order valence-corrected chi connectivity index (χ3v) is 7.73. The molecule has 5 rings (SSSR count). The third kappa shape index (κ3) is 5.63. The number of nitrogens with zero attached hydrogens (tertiary/aromatic N) is 1. The second kappa shape index (κ2) is 9.67. The third-order valence-electron chi connectivity index (χ3n) is 7.50. The van der Waals surface area contributed by atoms with E-state index >= 15 is 0 Å². The van der Waals surface area contributed by atoms with Crippen molar-refractivity contribution in [1.29, 1.82) is 0 Å². The van der Waals surface area contributed by atoms with Gasteiger partial charge in [0.2, 0.25) is 5.79 Å². The van der Waals surface area contributed by atoms with Crippen molar-refractivity contribution in [2.24, 2.45) is 0 Å². The summed E-state index contributed by atoms with van der Waals surface area (Å²) in [6.45, 7) is 4.81. The molecule has 1 aromatic carbocycles. The summed E-state index contributed by atoms with van der Waals surface area (Å²) in [6, 6.07) is 9.60. The van der Waals surface area contributed by atoms with Crippen LogP contribution in [0.2, 0.25) is 5.02 Å². The summed E-state index contributed by atoms with van der Waals surface area (Å²) in [5.74, 6) is -0.551. The molecule has 0 unspecified atom stereocenters. The molecule has 3 aliphatic rings. The van der Waals surface area contributed by atoms with E-state index in [9.17, 15) is 0 Å². The minimum atomic E-state index is -0.551. The Kier molecular flexibility index (Phi) is 6.83. The molecular weight excluding hydrogens is 438 g/mol. The molecule has 1 saturated heterocycles. The molecule has 0 bridgehead atoms. The van der Waals surface area contributed by atoms with Gasteiger partial charge in [-0.3, -0.25) is 4.98 Å². The molecule has 1 aromatic heterocycles. The smallest absolute Gasteiger partial charge is 0.201 e. The van der Waals surface area contributed by atoms with E-state index in [-0.39, 0.29) is 5.60 Å². The van der Waals surface area contributed by atoms with E-state index in [1.165, 1.54) is 25.7 Å². The molecule has 2 heterocycles. The van der Waals surface area contributed by atoms with E-state index in [1.54, 1.807) is 0 Å². The predicted octanol–water partition coefficient (Wildman–Crippen LogP) is 5.99. The molecule has 2 aromatic rings. The van der Waals surface area contributed by atoms with E-state index in [0.717, 1.165) is 53.7 Å². The number of hydrogen-bond donors (Lipinski definition) is 2. The summed E-state index contributed by atoms with van der Waals surface area (Å²) in [5.41, 5.74) is 1.81. The molecule has 2 aliphatic carbocycles. The number of benzene rings is 1. The fraction of sp³-hybridized carbons (Fsp3) is 0.654. The Morgan fingerprint density at radius 2 is 1.64 bits per heavy atom. The molecule has 1 spiro atoms. The van der Waals surface area contributed by atoms with Crippen molar-refractivity contribution in [3.8, 4) is 0 Å². The second-order valence-corrected chi connectivity index (χ2v) is 11.0. The van der Waals surface area contributed by atoms with Gasteiger partial charge in [-0.1, -0.05) is 11.6 Å². The van der Waals surface area contributed by atoms with E-state index < -0.39 is 5.79 Å². The van der Waals surface area contributed by atoms with Gasteiger partial charge < -0.3 is 15.4 Å². The topological polar surface area (TPSA) is 64.6 Å². The Labute approximate surface area is 201 Å². The minimum absolute atomic E-state index is 0.277. The van der Waals surface area contributed by atoms with Crippen LogP contribution in [0, 0.1) is 0 Å². The SMILES string of the molecule is CC1(C)CCOC2(CCC(N[C@H]3CC[C@H](Nc4ccnc5cc(Cl)ccc45)CC3)CC2)OO1. The van der Waals surface area contributed by atoms with Crippen molar-refractivity contribution in [3.05, 3.63) is 35.5 Å². The quantitative estimate of drug-likeness (QED) is 0.532. The zero-order valence-electron chi connectivity index (χ0n) is 19.7. The zero-order chi connectivity index (χ0) is 22.9. The highest BCUT2D eigenvalue weighted by Gasteiger charge is 2.43. The molecule has 2 saturated carbocycles. The summed E-state index contributed by atoms with van der Waals surface area (Å²) in [6.07, 6.45) is 11.3. The molecular formula is C26H36ClN3O3. The van der Waals surface area contributed by atoms with Crippen LogP contribution >= 0.6 is 11.6 Å². The Bertz CT molecular complexity index is 953. The molecule has 33 heavy (non-hydrogen) atoms. The lowest BCUT2D eigenvalue weighted by Gasteiger charge is -2.40. The van der Waals surface area contributed by atoms with Crippen LogP contribution in [0.5, 0.6) is 0 Å². The lowest BCUT2D eigenvalue weighted by Crippen LogP contribution is -2.48. The molecule has 180 valence electrons. The molecule has 6 nitrogen and oxygen atoms in total. The van der Waals surface area contributed by atoms with Gasteiger partial charge >= 0.3 is 0 Å². The minimum Gasteiger partial charge on any atom is -0.382 e. The lowest BCUT2D eigenvalue weighted by molar-refractivity contribution is -0.450. The van der Waals surface area contributed by atoms with Crippen molar-refractivity contribution >= 4 is 28.2 Å². The van der Waals surface area contributed by atoms with Gasteiger partial charge in [-0.05, 0) is 76.6 Å². The lowest BCUT2D eigenvalue weighted by atomic mass is 9.86. The number of fused-ring (bicyclic) bond motifs is 1. The number of nitrogens with one attached hydrogen (secondary N) is 2. The highest BCUT2D eigenvalue weighted by molar-refractivity contribution is 6.31. The molecule has 0 amide bonds. The van der Waals surface area contributed by atoms with Crippen molar-refractivity contribution in [2.75, 3.05) is 11.9 Å². The molecule has 0 atom stereocenters. The first kappa shape index (κ1) is 23.3. The molecule has 1 aliphatic heterocycles. The highest BCUT2D eigenvalue weighted by atomic mass is 35.5. The van der Waals surface area contributed by atoms with Crippen LogP contribution in [-0.2, 0) is 14.5 Å². The maximum atomic E-state index is 6.13. The molecule has 3 fully saturated rings. The number of rotatable bonds is 4. The molecule has 0 radical (unpaired) electrons. The van der Waals surface area contributed by atoms with Crippen LogP contribution < -0.4 is 10.6 Å². The van der Waals surface area contributed by atoms with Gasteiger partial charge in [-0.2, -0.15) is 0 Å². The Hall–Kier alpha value is -1.44. The number of halogens is 1. The number of pyridine rings is 1. The monoisotopic (exact) mass is 473 g/mol. The number of hydrogen-bond acceptors (Lipinski definition) is 6. The zero-order valence-corrected chi connectivity index (χ0v) is 20.5. The first-order valence-corrected chi connectivity index (χ1v) is 12.9. The number of ether oxygens (including phenoxy) is 1. The maximum absolute atomic E-state index is 6.13. The first-order valence-electron chi connectivity index (χ1n) is 12.5. The average molecular weight is 474 g/mol. The Morgan fingerprint density at radius 3 is 2.42 bits per heavy atom. The van der Waals surface area contributed by atoms with E-state index in [2.05, 4.69) is 41.6 Å². The fourth-order valence-corrected chi connectivity index (χ4v) is 5.56. The predicted molar refractivity (Wildman–Crippen MR) is 131 cm³/mol. The van der Waals surface area contributed by atoms with Gasteiger partial charge in [0.15, 0.2) is 0 Å². The normalized spacial score (nSPS) is 32.5. The fourth-order valence-electron chi connectivity index (χ4n) is 5.39. The van der Waals surface area contributed by atoms with E-state index in [1.807, 2.05) is 18.3 Å². The van der Waals surface area contributed by atoms with Crippen molar-refractivity contribution in [2.45, 2.75) is 101 Å². The number of anilines is 1. The molecule has 7 heteroatoms. The Balaban J connectivity index is 1.09. The average Bonchev–Trinajstić information content (AvgIpc) is 2.95. The van der Waals surface area contributed by atoms with Crippen LogP contribution in [0.3, 0.4) is 0 Å². The van der Waals surface area contributed by atoms with Gasteiger partial charge in [0, 0.05) is 59.7 Å². The van der Waals surface area contributed by atoms with E-state index in [4.69, 9.17) is 26.1 Å². The van der Waals surface area contributed by atoms with Crippen molar-refractivity contribution in [1.82, 2.24) is 10.3 Å². The van der Waals surface area contributed by atoms with Crippen LogP contribution in [-0.4, -0.2) is 41.1 Å². The van der Waals surface area contributed by atoms with Crippen molar-refractivity contribution < 1.29 is 14.5 Å². The van der Waals surface area contributed by atoms with Gasteiger partial charge in [0.25, 0.3) is 0 Å². The summed E-state index contributed by atoms with van der Waals surface area (Å²) < 4.78 is 6.12. The van der Waals surface area contributed by atoms with Gasteiger partial charge in [-0.15, -0.1) is 0 Å². The second-order valence-electron chi connectivity index (χ2n) is 10.6. The summed E-state index contributed by atoms with van der Waals surface area (Å²) in [4.78, 5) is 16.0. The maximum Gasteiger partial charge on any atom is 0.201 e. The van der Waals surface area contributed by atoms with Gasteiger partial charge in [0.1, 0.15) is 5.60 Å². The summed E-state index contributed by atoms with van der Waals surface area (Å²) in [7, 11) is 0. The summed E-state index contributed by atoms with van der Waals surface area (Å²) in [5, 5.41) is 9.54. The van der Waals surface area contributed by atoms with Crippen LogP contribution in [0.4, 0.5) is 5.69 Å². The summed E-state index contributed by atoms with van der Waals surface area (Å²) >= 11 is 6.13. The van der Waals surface area contributed by atoms with Crippen LogP contribution in [0.25, 0.3) is 10.9 Å². The standard InChI is InChI=1S/C26H36ClN3O3/c1-25(2)14-16-31-26(33-32-25)12-9-21(10-13-26)29-19-4-6-20(7-5-19)30-23-11-15-28-24-17-18(27)3-8-22(23)24/h3,8,11,15,17,19-21,29H,4-7,9-10,12-14,16H2,1-2H3,(H,28,30)/t19-,20-,21?,26?. The van der Waals surface area contributed by atoms with Crippen LogP contribution in [0.1, 0.15) is 71.6 Å². The van der Waals surface area contributed by atoms with Gasteiger partial charge in [-0.25, -0.2) is 9.78 Å². The van der Waals surface area contributed by atoms with Crippen molar-refractivity contribution in [3.63, 3.8) is 0 Å². The van der Waals surface area contributed by atoms with Gasteiger partial charge in [0.05, 0.1) is 12.1 Å². The van der Waals surface area contributed by atoms with Crippen LogP contribution in [0.15, 0.2) is 30.5 Å². The highest BCUT2D eigenvalue weighted by Crippen LogP contribution is 2.38. The Morgan fingerprint density at radius 1 is 0.909 bits per heavy atom. The number of aromatic nitrogens is 1.